The highest BCUT2D eigenvalue weighted by molar-refractivity contribution is 6.30. The fourth-order valence-corrected chi connectivity index (χ4v) is 4.35. The molecule has 1 N–H and O–H groups in total. The monoisotopic (exact) mass is 320 g/mol. The summed E-state index contributed by atoms with van der Waals surface area (Å²) in [5.74, 6) is 1.48. The number of benzene rings is 1. The maximum atomic E-state index is 6.28. The SMILES string of the molecule is Clc1cccc([C@H](CN2CCNCC2)C2CCCCCC2)c1. The van der Waals surface area contributed by atoms with Crippen molar-refractivity contribution in [1.82, 2.24) is 10.2 Å². The van der Waals surface area contributed by atoms with Gasteiger partial charge in [-0.15, -0.1) is 0 Å². The lowest BCUT2D eigenvalue weighted by atomic mass is 9.81. The summed E-state index contributed by atoms with van der Waals surface area (Å²) in [5, 5.41) is 4.35. The molecule has 1 saturated heterocycles. The molecule has 2 aliphatic rings. The van der Waals surface area contributed by atoms with E-state index < -0.39 is 0 Å². The van der Waals surface area contributed by atoms with Crippen LogP contribution in [0.2, 0.25) is 5.02 Å². The number of halogens is 1. The van der Waals surface area contributed by atoms with Gasteiger partial charge in [-0.25, -0.2) is 0 Å². The van der Waals surface area contributed by atoms with E-state index in [0.29, 0.717) is 5.92 Å². The molecule has 0 amide bonds. The first kappa shape index (κ1) is 16.3. The molecule has 0 spiro atoms. The van der Waals surface area contributed by atoms with Crippen LogP contribution in [0.1, 0.15) is 50.0 Å². The number of rotatable bonds is 4. The maximum Gasteiger partial charge on any atom is 0.0408 e. The Morgan fingerprint density at radius 1 is 1.09 bits per heavy atom. The Morgan fingerprint density at radius 2 is 1.82 bits per heavy atom. The second-order valence-corrected chi connectivity index (χ2v) is 7.40. The van der Waals surface area contributed by atoms with Crippen LogP contribution in [0.5, 0.6) is 0 Å². The Bertz CT molecular complexity index is 449. The molecule has 1 heterocycles. The minimum absolute atomic E-state index is 0.648. The lowest BCUT2D eigenvalue weighted by Crippen LogP contribution is -2.45. The van der Waals surface area contributed by atoms with Gasteiger partial charge in [0.05, 0.1) is 0 Å². The number of nitrogens with zero attached hydrogens (tertiary/aromatic N) is 1. The zero-order valence-corrected chi connectivity index (χ0v) is 14.3. The Morgan fingerprint density at radius 3 is 2.50 bits per heavy atom. The van der Waals surface area contributed by atoms with Crippen LogP contribution in [0.25, 0.3) is 0 Å². The topological polar surface area (TPSA) is 15.3 Å². The predicted octanol–water partition coefficient (Wildman–Crippen LogP) is 4.30. The van der Waals surface area contributed by atoms with Crippen LogP contribution in [0.3, 0.4) is 0 Å². The van der Waals surface area contributed by atoms with Crippen LogP contribution in [-0.2, 0) is 0 Å². The van der Waals surface area contributed by atoms with Crippen molar-refractivity contribution in [2.75, 3.05) is 32.7 Å². The standard InChI is InChI=1S/C19H29ClN2/c20-18-9-5-8-17(14-18)19(15-22-12-10-21-11-13-22)16-6-3-1-2-4-7-16/h5,8-9,14,16,19,21H,1-4,6-7,10-13,15H2/t19-/m1/s1. The zero-order chi connectivity index (χ0) is 15.2. The van der Waals surface area contributed by atoms with Gasteiger partial charge in [-0.3, -0.25) is 0 Å². The Labute approximate surface area is 140 Å². The van der Waals surface area contributed by atoms with Crippen molar-refractivity contribution >= 4 is 11.6 Å². The normalized spacial score (nSPS) is 23.1. The van der Waals surface area contributed by atoms with E-state index in [1.807, 2.05) is 6.07 Å². The number of hydrogen-bond acceptors (Lipinski definition) is 2. The van der Waals surface area contributed by atoms with E-state index in [4.69, 9.17) is 11.6 Å². The van der Waals surface area contributed by atoms with Crippen LogP contribution in [-0.4, -0.2) is 37.6 Å². The molecule has 0 aromatic heterocycles. The van der Waals surface area contributed by atoms with E-state index in [1.54, 1.807) is 0 Å². The molecular formula is C19H29ClN2. The van der Waals surface area contributed by atoms with Crippen molar-refractivity contribution in [3.05, 3.63) is 34.9 Å². The van der Waals surface area contributed by atoms with Crippen molar-refractivity contribution in [2.24, 2.45) is 5.92 Å². The number of hydrogen-bond donors (Lipinski definition) is 1. The lowest BCUT2D eigenvalue weighted by Gasteiger charge is -2.35. The van der Waals surface area contributed by atoms with E-state index in [9.17, 15) is 0 Å². The Hall–Kier alpha value is -0.570. The molecule has 0 radical (unpaired) electrons. The van der Waals surface area contributed by atoms with E-state index in [1.165, 1.54) is 63.7 Å². The van der Waals surface area contributed by atoms with Crippen LogP contribution in [0.15, 0.2) is 24.3 Å². The molecular weight excluding hydrogens is 292 g/mol. The van der Waals surface area contributed by atoms with E-state index in [-0.39, 0.29) is 0 Å². The first-order valence-corrected chi connectivity index (χ1v) is 9.39. The molecule has 2 fully saturated rings. The van der Waals surface area contributed by atoms with Gasteiger partial charge in [-0.2, -0.15) is 0 Å². The van der Waals surface area contributed by atoms with Gasteiger partial charge in [0.1, 0.15) is 0 Å². The van der Waals surface area contributed by atoms with Crippen LogP contribution < -0.4 is 5.32 Å². The molecule has 1 aromatic carbocycles. The number of nitrogens with one attached hydrogen (secondary N) is 1. The average molecular weight is 321 g/mol. The van der Waals surface area contributed by atoms with Crippen molar-refractivity contribution < 1.29 is 0 Å². The molecule has 1 aromatic rings. The summed E-state index contributed by atoms with van der Waals surface area (Å²) >= 11 is 6.28. The van der Waals surface area contributed by atoms with E-state index in [2.05, 4.69) is 28.4 Å². The molecule has 122 valence electrons. The second kappa shape index (κ2) is 8.33. The van der Waals surface area contributed by atoms with Gasteiger partial charge in [0.15, 0.2) is 0 Å². The first-order valence-electron chi connectivity index (χ1n) is 9.01. The van der Waals surface area contributed by atoms with Crippen LogP contribution in [0.4, 0.5) is 0 Å². The van der Waals surface area contributed by atoms with Crippen LogP contribution >= 0.6 is 11.6 Å². The summed E-state index contributed by atoms with van der Waals surface area (Å²) in [6.07, 6.45) is 8.44. The highest BCUT2D eigenvalue weighted by Gasteiger charge is 2.27. The van der Waals surface area contributed by atoms with E-state index >= 15 is 0 Å². The van der Waals surface area contributed by atoms with Gasteiger partial charge in [0.25, 0.3) is 0 Å². The van der Waals surface area contributed by atoms with Crippen molar-refractivity contribution in [1.29, 1.82) is 0 Å². The molecule has 0 bridgehead atoms. The van der Waals surface area contributed by atoms with Gasteiger partial charge in [0, 0.05) is 37.7 Å². The minimum Gasteiger partial charge on any atom is -0.314 e. The lowest BCUT2D eigenvalue weighted by molar-refractivity contribution is 0.198. The summed E-state index contributed by atoms with van der Waals surface area (Å²) in [4.78, 5) is 2.65. The summed E-state index contributed by atoms with van der Waals surface area (Å²) in [6, 6.07) is 8.63. The van der Waals surface area contributed by atoms with Gasteiger partial charge < -0.3 is 10.2 Å². The van der Waals surface area contributed by atoms with Crippen molar-refractivity contribution in [2.45, 2.75) is 44.4 Å². The summed E-state index contributed by atoms with van der Waals surface area (Å²) in [7, 11) is 0. The quantitative estimate of drug-likeness (QED) is 0.832. The largest absolute Gasteiger partial charge is 0.314 e. The summed E-state index contributed by atoms with van der Waals surface area (Å²) in [6.45, 7) is 5.83. The molecule has 1 saturated carbocycles. The molecule has 1 aliphatic heterocycles. The fraction of sp³-hybridized carbons (Fsp3) is 0.684. The van der Waals surface area contributed by atoms with Crippen molar-refractivity contribution in [3.63, 3.8) is 0 Å². The smallest absolute Gasteiger partial charge is 0.0408 e. The molecule has 1 atom stereocenters. The number of piperazine rings is 1. The van der Waals surface area contributed by atoms with Gasteiger partial charge >= 0.3 is 0 Å². The average Bonchev–Trinajstić information content (AvgIpc) is 2.83. The molecule has 2 nitrogen and oxygen atoms in total. The predicted molar refractivity (Wildman–Crippen MR) is 94.7 cm³/mol. The highest BCUT2D eigenvalue weighted by atomic mass is 35.5. The third-order valence-electron chi connectivity index (χ3n) is 5.41. The van der Waals surface area contributed by atoms with Crippen LogP contribution in [0, 0.1) is 5.92 Å². The van der Waals surface area contributed by atoms with Gasteiger partial charge in [0.2, 0.25) is 0 Å². The van der Waals surface area contributed by atoms with Gasteiger partial charge in [-0.05, 0) is 42.4 Å². The zero-order valence-electron chi connectivity index (χ0n) is 13.6. The molecule has 3 rings (SSSR count). The molecule has 1 aliphatic carbocycles. The van der Waals surface area contributed by atoms with Gasteiger partial charge in [-0.1, -0.05) is 49.4 Å². The summed E-state index contributed by atoms with van der Waals surface area (Å²) in [5.41, 5.74) is 1.46. The summed E-state index contributed by atoms with van der Waals surface area (Å²) < 4.78 is 0. The van der Waals surface area contributed by atoms with E-state index in [0.717, 1.165) is 24.0 Å². The Kier molecular flexibility index (Phi) is 6.17. The third-order valence-corrected chi connectivity index (χ3v) is 5.65. The molecule has 0 unspecified atom stereocenters. The highest BCUT2D eigenvalue weighted by Crippen LogP contribution is 2.36. The maximum absolute atomic E-state index is 6.28. The first-order chi connectivity index (χ1) is 10.8. The Balaban J connectivity index is 1.77. The van der Waals surface area contributed by atoms with Crippen molar-refractivity contribution in [3.8, 4) is 0 Å². The second-order valence-electron chi connectivity index (χ2n) is 6.96. The molecule has 22 heavy (non-hydrogen) atoms. The fourth-order valence-electron chi connectivity index (χ4n) is 4.15. The third kappa shape index (κ3) is 4.47. The molecule has 3 heteroatoms. The minimum atomic E-state index is 0.648.